The van der Waals surface area contributed by atoms with Crippen molar-refractivity contribution in [1.82, 2.24) is 9.97 Å². The molecule has 1 aromatic carbocycles. The fourth-order valence-electron chi connectivity index (χ4n) is 1.37. The highest BCUT2D eigenvalue weighted by Crippen LogP contribution is 2.22. The molecule has 0 aliphatic carbocycles. The lowest BCUT2D eigenvalue weighted by Gasteiger charge is -2.07. The number of aryl methyl sites for hydroxylation is 1. The van der Waals surface area contributed by atoms with Crippen molar-refractivity contribution < 1.29 is 4.74 Å². The van der Waals surface area contributed by atoms with Crippen molar-refractivity contribution in [3.05, 3.63) is 39.7 Å². The second-order valence-corrected chi connectivity index (χ2v) is 4.69. The van der Waals surface area contributed by atoms with Crippen LogP contribution in [0.25, 0.3) is 0 Å². The maximum Gasteiger partial charge on any atom is 0.224 e. The SMILES string of the molecule is CNc1cc(Oc2cccc(I)c2)nc(C)n1. The highest BCUT2D eigenvalue weighted by molar-refractivity contribution is 14.1. The largest absolute Gasteiger partial charge is 0.439 e. The van der Waals surface area contributed by atoms with Gasteiger partial charge in [0.2, 0.25) is 5.88 Å². The molecule has 1 N–H and O–H groups in total. The molecule has 5 heteroatoms. The average molecular weight is 341 g/mol. The van der Waals surface area contributed by atoms with Gasteiger partial charge >= 0.3 is 0 Å². The molecule has 0 saturated heterocycles. The van der Waals surface area contributed by atoms with E-state index in [1.54, 1.807) is 6.07 Å². The topological polar surface area (TPSA) is 47.0 Å². The fraction of sp³-hybridized carbons (Fsp3) is 0.167. The number of benzene rings is 1. The molecule has 0 bridgehead atoms. The summed E-state index contributed by atoms with van der Waals surface area (Å²) in [4.78, 5) is 8.44. The summed E-state index contributed by atoms with van der Waals surface area (Å²) in [5.74, 6) is 2.75. The molecule has 0 radical (unpaired) electrons. The van der Waals surface area contributed by atoms with Gasteiger partial charge in [-0.1, -0.05) is 6.07 Å². The van der Waals surface area contributed by atoms with E-state index in [1.807, 2.05) is 38.2 Å². The third-order valence-corrected chi connectivity index (χ3v) is 2.76. The Morgan fingerprint density at radius 1 is 1.24 bits per heavy atom. The Hall–Kier alpha value is -1.37. The third kappa shape index (κ3) is 3.29. The molecule has 4 nitrogen and oxygen atoms in total. The minimum Gasteiger partial charge on any atom is -0.439 e. The van der Waals surface area contributed by atoms with E-state index in [9.17, 15) is 0 Å². The first-order valence-corrected chi connectivity index (χ1v) is 6.22. The molecule has 17 heavy (non-hydrogen) atoms. The quantitative estimate of drug-likeness (QED) is 0.871. The van der Waals surface area contributed by atoms with Gasteiger partial charge in [-0.25, -0.2) is 4.98 Å². The van der Waals surface area contributed by atoms with Gasteiger partial charge in [0.05, 0.1) is 0 Å². The summed E-state index contributed by atoms with van der Waals surface area (Å²) in [6.45, 7) is 1.84. The number of nitrogens with zero attached hydrogens (tertiary/aromatic N) is 2. The van der Waals surface area contributed by atoms with E-state index in [-0.39, 0.29) is 0 Å². The van der Waals surface area contributed by atoms with Crippen LogP contribution in [0.15, 0.2) is 30.3 Å². The molecule has 0 aliphatic rings. The molecular formula is C12H12IN3O. The maximum absolute atomic E-state index is 5.69. The van der Waals surface area contributed by atoms with Crippen LogP contribution in [-0.4, -0.2) is 17.0 Å². The Morgan fingerprint density at radius 3 is 2.76 bits per heavy atom. The van der Waals surface area contributed by atoms with Gasteiger partial charge in [-0.3, -0.25) is 0 Å². The summed E-state index contributed by atoms with van der Waals surface area (Å²) in [6, 6.07) is 9.59. The zero-order valence-corrected chi connectivity index (χ0v) is 11.7. The fourth-order valence-corrected chi connectivity index (χ4v) is 1.89. The van der Waals surface area contributed by atoms with Crippen LogP contribution in [0, 0.1) is 10.5 Å². The van der Waals surface area contributed by atoms with Gasteiger partial charge in [0.25, 0.3) is 0 Å². The maximum atomic E-state index is 5.69. The zero-order chi connectivity index (χ0) is 12.3. The Kier molecular flexibility index (Phi) is 3.78. The number of aromatic nitrogens is 2. The lowest BCUT2D eigenvalue weighted by Crippen LogP contribution is -1.98. The highest BCUT2D eigenvalue weighted by Gasteiger charge is 2.03. The number of anilines is 1. The van der Waals surface area contributed by atoms with Crippen molar-refractivity contribution in [1.29, 1.82) is 0 Å². The van der Waals surface area contributed by atoms with Crippen LogP contribution in [0.3, 0.4) is 0 Å². The summed E-state index contributed by atoms with van der Waals surface area (Å²) in [6.07, 6.45) is 0. The smallest absolute Gasteiger partial charge is 0.224 e. The molecule has 0 amide bonds. The van der Waals surface area contributed by atoms with Crippen LogP contribution in [0.1, 0.15) is 5.82 Å². The van der Waals surface area contributed by atoms with E-state index in [2.05, 4.69) is 37.9 Å². The monoisotopic (exact) mass is 341 g/mol. The number of halogens is 1. The normalized spacial score (nSPS) is 10.1. The Bertz CT molecular complexity index is 531. The summed E-state index contributed by atoms with van der Waals surface area (Å²) < 4.78 is 6.81. The molecule has 0 atom stereocenters. The first kappa shape index (κ1) is 12.1. The molecule has 0 aliphatic heterocycles. The van der Waals surface area contributed by atoms with Gasteiger partial charge < -0.3 is 10.1 Å². The molecule has 0 fully saturated rings. The van der Waals surface area contributed by atoms with E-state index in [0.29, 0.717) is 11.7 Å². The predicted molar refractivity (Wildman–Crippen MR) is 75.5 cm³/mol. The number of hydrogen-bond donors (Lipinski definition) is 1. The molecule has 88 valence electrons. The standard InChI is InChI=1S/C12H12IN3O/c1-8-15-11(14-2)7-12(16-8)17-10-5-3-4-9(13)6-10/h3-7H,1-2H3,(H,14,15,16). The van der Waals surface area contributed by atoms with Crippen molar-refractivity contribution in [2.45, 2.75) is 6.92 Å². The van der Waals surface area contributed by atoms with Crippen LogP contribution in [0.2, 0.25) is 0 Å². The predicted octanol–water partition coefficient (Wildman–Crippen LogP) is 3.22. The van der Waals surface area contributed by atoms with E-state index in [0.717, 1.165) is 15.1 Å². The highest BCUT2D eigenvalue weighted by atomic mass is 127. The van der Waals surface area contributed by atoms with Crippen molar-refractivity contribution in [3.8, 4) is 11.6 Å². The first-order valence-electron chi connectivity index (χ1n) is 5.14. The number of rotatable bonds is 3. The van der Waals surface area contributed by atoms with Crippen LogP contribution in [0.4, 0.5) is 5.82 Å². The zero-order valence-electron chi connectivity index (χ0n) is 9.57. The molecule has 2 aromatic rings. The summed E-state index contributed by atoms with van der Waals surface area (Å²) in [7, 11) is 1.82. The minimum atomic E-state index is 0.545. The third-order valence-electron chi connectivity index (χ3n) is 2.09. The molecule has 1 heterocycles. The van der Waals surface area contributed by atoms with E-state index in [1.165, 1.54) is 0 Å². The van der Waals surface area contributed by atoms with E-state index in [4.69, 9.17) is 4.74 Å². The van der Waals surface area contributed by atoms with E-state index < -0.39 is 0 Å². The summed E-state index contributed by atoms with van der Waals surface area (Å²) >= 11 is 2.24. The molecular weight excluding hydrogens is 329 g/mol. The number of ether oxygens (including phenoxy) is 1. The molecule has 0 spiro atoms. The average Bonchev–Trinajstić information content (AvgIpc) is 2.28. The number of hydrogen-bond acceptors (Lipinski definition) is 4. The van der Waals surface area contributed by atoms with Crippen molar-refractivity contribution >= 4 is 28.4 Å². The van der Waals surface area contributed by atoms with Crippen LogP contribution < -0.4 is 10.1 Å². The molecule has 0 unspecified atom stereocenters. The summed E-state index contributed by atoms with van der Waals surface area (Å²) in [5.41, 5.74) is 0. The van der Waals surface area contributed by atoms with Gasteiger partial charge in [0, 0.05) is 16.7 Å². The van der Waals surface area contributed by atoms with Crippen LogP contribution in [-0.2, 0) is 0 Å². The number of nitrogens with one attached hydrogen (secondary N) is 1. The first-order chi connectivity index (χ1) is 8.17. The second-order valence-electron chi connectivity index (χ2n) is 3.45. The Balaban J connectivity index is 2.26. The molecule has 1 aromatic heterocycles. The Labute approximate surface area is 114 Å². The Morgan fingerprint density at radius 2 is 2.06 bits per heavy atom. The van der Waals surface area contributed by atoms with Crippen LogP contribution in [0.5, 0.6) is 11.6 Å². The lowest BCUT2D eigenvalue weighted by molar-refractivity contribution is 0.460. The summed E-state index contributed by atoms with van der Waals surface area (Å²) in [5, 5.41) is 2.97. The van der Waals surface area contributed by atoms with Gasteiger partial charge in [-0.05, 0) is 47.7 Å². The van der Waals surface area contributed by atoms with Crippen molar-refractivity contribution in [2.24, 2.45) is 0 Å². The van der Waals surface area contributed by atoms with Crippen molar-refractivity contribution in [2.75, 3.05) is 12.4 Å². The minimum absolute atomic E-state index is 0.545. The van der Waals surface area contributed by atoms with Crippen molar-refractivity contribution in [3.63, 3.8) is 0 Å². The molecule has 0 saturated carbocycles. The van der Waals surface area contributed by atoms with Gasteiger partial charge in [0.1, 0.15) is 17.4 Å². The van der Waals surface area contributed by atoms with Gasteiger partial charge in [-0.15, -0.1) is 0 Å². The van der Waals surface area contributed by atoms with Gasteiger partial charge in [-0.2, -0.15) is 4.98 Å². The second kappa shape index (κ2) is 5.31. The lowest BCUT2D eigenvalue weighted by atomic mass is 10.3. The molecule has 2 rings (SSSR count). The van der Waals surface area contributed by atoms with Crippen LogP contribution >= 0.6 is 22.6 Å². The van der Waals surface area contributed by atoms with Gasteiger partial charge in [0.15, 0.2) is 0 Å². The van der Waals surface area contributed by atoms with E-state index >= 15 is 0 Å².